The first-order chi connectivity index (χ1) is 16.2. The van der Waals surface area contributed by atoms with E-state index in [1.165, 1.54) is 0 Å². The molecule has 2 amide bonds. The van der Waals surface area contributed by atoms with Crippen LogP contribution < -0.4 is 5.32 Å². The summed E-state index contributed by atoms with van der Waals surface area (Å²) in [5, 5.41) is 15.6. The fourth-order valence-electron chi connectivity index (χ4n) is 5.00. The lowest BCUT2D eigenvalue weighted by molar-refractivity contribution is -0.143. The topological polar surface area (TPSA) is 111 Å². The number of nitrogens with zero attached hydrogens (tertiary/aromatic N) is 6. The molecule has 13 heteroatoms. The Morgan fingerprint density at radius 1 is 1.38 bits per heavy atom. The van der Waals surface area contributed by atoms with Gasteiger partial charge in [-0.3, -0.25) is 4.68 Å². The molecule has 1 saturated carbocycles. The maximum absolute atomic E-state index is 13.4. The van der Waals surface area contributed by atoms with Crippen LogP contribution in [0.3, 0.4) is 0 Å². The summed E-state index contributed by atoms with van der Waals surface area (Å²) in [4.78, 5) is 19.3. The van der Waals surface area contributed by atoms with Crippen LogP contribution in [0.5, 0.6) is 0 Å². The van der Waals surface area contributed by atoms with Crippen LogP contribution in [-0.2, 0) is 23.9 Å². The highest BCUT2D eigenvalue weighted by Gasteiger charge is 2.62. The first kappa shape index (κ1) is 22.7. The van der Waals surface area contributed by atoms with Crippen molar-refractivity contribution < 1.29 is 22.7 Å². The van der Waals surface area contributed by atoms with Crippen LogP contribution in [0.4, 0.5) is 19.3 Å². The maximum Gasteiger partial charge on any atom is 0.345 e. The summed E-state index contributed by atoms with van der Waals surface area (Å²) in [5.41, 5.74) is 0.328. The molecular formula is C21H22ClF2N7O3. The Bertz CT molecular complexity index is 1220. The minimum Gasteiger partial charge on any atom is -0.420 e. The Morgan fingerprint density at radius 3 is 2.94 bits per heavy atom. The highest BCUT2D eigenvalue weighted by atomic mass is 35.5. The first-order valence-electron chi connectivity index (χ1n) is 10.7. The number of nitrogens with one attached hydrogen (secondary N) is 1. The van der Waals surface area contributed by atoms with E-state index in [1.54, 1.807) is 41.2 Å². The van der Waals surface area contributed by atoms with Gasteiger partial charge in [0.1, 0.15) is 18.5 Å². The molecule has 0 radical (unpaired) electrons. The van der Waals surface area contributed by atoms with E-state index in [2.05, 4.69) is 37.3 Å². The quantitative estimate of drug-likeness (QED) is 0.548. The maximum atomic E-state index is 13.4. The van der Waals surface area contributed by atoms with Crippen LogP contribution in [0.15, 0.2) is 28.9 Å². The fraction of sp³-hybridized carbons (Fsp3) is 0.476. The zero-order valence-electron chi connectivity index (χ0n) is 18.4. The van der Waals surface area contributed by atoms with Gasteiger partial charge in [-0.1, -0.05) is 18.5 Å². The summed E-state index contributed by atoms with van der Waals surface area (Å²) in [6.07, 6.45) is 3.69. The van der Waals surface area contributed by atoms with E-state index in [9.17, 15) is 13.6 Å². The second kappa shape index (κ2) is 8.58. The number of piperidine rings is 1. The summed E-state index contributed by atoms with van der Waals surface area (Å²) >= 11 is 6.32. The summed E-state index contributed by atoms with van der Waals surface area (Å²) in [6, 6.07) is 4.76. The molecule has 0 spiro atoms. The zero-order valence-corrected chi connectivity index (χ0v) is 19.2. The standard InChI is InChI=1S/C21H22ClF2N7O3/c1-11-5-13-8-21(7-11,18-28-27-16(34-18)9-33-19(23)24)31(13)20(32)26-12-3-4-15(22)14(6-12)17-25-10-30(2)29-17/h3-4,6,10-11,13,19H,5,7-9H2,1-2H3,(H,26,32)/t11-,13?,21?/m0/s1. The molecule has 2 saturated heterocycles. The summed E-state index contributed by atoms with van der Waals surface area (Å²) in [7, 11) is 1.75. The van der Waals surface area contributed by atoms with Gasteiger partial charge in [0.15, 0.2) is 5.82 Å². The van der Waals surface area contributed by atoms with E-state index >= 15 is 0 Å². The van der Waals surface area contributed by atoms with Gasteiger partial charge >= 0.3 is 12.6 Å². The molecule has 2 aliphatic heterocycles. The number of amides is 2. The van der Waals surface area contributed by atoms with Crippen LogP contribution in [-0.4, -0.2) is 48.5 Å². The van der Waals surface area contributed by atoms with Crippen molar-refractivity contribution in [2.45, 2.75) is 51.0 Å². The first-order valence-corrected chi connectivity index (χ1v) is 11.1. The lowest BCUT2D eigenvalue weighted by Gasteiger charge is -2.61. The predicted molar refractivity (Wildman–Crippen MR) is 116 cm³/mol. The number of hydrogen-bond acceptors (Lipinski definition) is 7. The monoisotopic (exact) mass is 493 g/mol. The van der Waals surface area contributed by atoms with Gasteiger partial charge in [-0.25, -0.2) is 9.78 Å². The van der Waals surface area contributed by atoms with Crippen molar-refractivity contribution in [3.63, 3.8) is 0 Å². The van der Waals surface area contributed by atoms with Gasteiger partial charge in [-0.15, -0.1) is 10.2 Å². The van der Waals surface area contributed by atoms with Gasteiger partial charge in [0, 0.05) is 30.8 Å². The minimum absolute atomic E-state index is 0.000594. The highest BCUT2D eigenvalue weighted by molar-refractivity contribution is 6.33. The average Bonchev–Trinajstić information content (AvgIpc) is 3.42. The molecule has 1 N–H and O–H groups in total. The smallest absolute Gasteiger partial charge is 0.345 e. The van der Waals surface area contributed by atoms with Crippen LogP contribution >= 0.6 is 11.6 Å². The van der Waals surface area contributed by atoms with Gasteiger partial charge in [-0.05, 0) is 37.0 Å². The number of alkyl halides is 2. The van der Waals surface area contributed by atoms with E-state index in [0.717, 1.165) is 6.42 Å². The van der Waals surface area contributed by atoms with Crippen LogP contribution in [0, 0.1) is 5.92 Å². The number of fused-ring (bicyclic) bond motifs is 2. The SMILES string of the molecule is C[C@H]1CC2CC(c3nnc(COC(F)F)o3)(C1)N2C(=O)Nc1ccc(Cl)c(-c2ncn(C)n2)c1. The van der Waals surface area contributed by atoms with Gasteiger partial charge in [0.05, 0.1) is 5.02 Å². The largest absolute Gasteiger partial charge is 0.420 e. The number of carbonyl (C=O) groups is 1. The number of halogens is 3. The van der Waals surface area contributed by atoms with Crippen molar-refractivity contribution >= 4 is 23.3 Å². The summed E-state index contributed by atoms with van der Waals surface area (Å²) in [6.45, 7) is -1.34. The number of benzene rings is 1. The molecular weight excluding hydrogens is 472 g/mol. The zero-order chi connectivity index (χ0) is 24.0. The number of aromatic nitrogens is 5. The predicted octanol–water partition coefficient (Wildman–Crippen LogP) is 4.19. The van der Waals surface area contributed by atoms with Crippen LogP contribution in [0.1, 0.15) is 38.0 Å². The molecule has 3 aliphatic rings. The number of hydrogen-bond donors (Lipinski definition) is 1. The Balaban J connectivity index is 1.38. The van der Waals surface area contributed by atoms with Crippen molar-refractivity contribution in [1.29, 1.82) is 0 Å². The second-order valence-corrected chi connectivity index (χ2v) is 9.15. The molecule has 3 atom stereocenters. The van der Waals surface area contributed by atoms with Crippen molar-refractivity contribution in [2.24, 2.45) is 13.0 Å². The summed E-state index contributed by atoms with van der Waals surface area (Å²) in [5.74, 6) is 0.941. The van der Waals surface area contributed by atoms with Crippen molar-refractivity contribution in [2.75, 3.05) is 5.32 Å². The normalized spacial score (nSPS) is 23.8. The van der Waals surface area contributed by atoms with Gasteiger partial charge in [0.25, 0.3) is 0 Å². The van der Waals surface area contributed by atoms with Crippen molar-refractivity contribution in [1.82, 2.24) is 29.9 Å². The van der Waals surface area contributed by atoms with E-state index in [1.807, 2.05) is 0 Å². The van der Waals surface area contributed by atoms with Crippen LogP contribution in [0.25, 0.3) is 11.4 Å². The molecule has 3 aromatic rings. The number of aryl methyl sites for hydroxylation is 1. The van der Waals surface area contributed by atoms with E-state index in [4.69, 9.17) is 16.0 Å². The molecule has 4 heterocycles. The second-order valence-electron chi connectivity index (χ2n) is 8.74. The average molecular weight is 494 g/mol. The lowest BCUT2D eigenvalue weighted by atomic mass is 9.64. The van der Waals surface area contributed by atoms with E-state index in [-0.39, 0.29) is 23.9 Å². The molecule has 1 aromatic carbocycles. The summed E-state index contributed by atoms with van der Waals surface area (Å²) < 4.78 is 36.2. The Kier molecular flexibility index (Phi) is 5.72. The Morgan fingerprint density at radius 2 is 2.21 bits per heavy atom. The third-order valence-electron chi connectivity index (χ3n) is 6.23. The number of ether oxygens (including phenoxy) is 1. The molecule has 2 unspecified atom stereocenters. The third-order valence-corrected chi connectivity index (χ3v) is 6.56. The lowest BCUT2D eigenvalue weighted by Crippen LogP contribution is -2.70. The molecule has 2 bridgehead atoms. The molecule has 180 valence electrons. The van der Waals surface area contributed by atoms with Crippen molar-refractivity contribution in [3.8, 4) is 11.4 Å². The molecule has 1 aliphatic carbocycles. The van der Waals surface area contributed by atoms with Gasteiger partial charge < -0.3 is 19.4 Å². The molecule has 6 rings (SSSR count). The molecule has 10 nitrogen and oxygen atoms in total. The highest BCUT2D eigenvalue weighted by Crippen LogP contribution is 2.55. The molecule has 3 fully saturated rings. The molecule has 2 aromatic heterocycles. The van der Waals surface area contributed by atoms with E-state index < -0.39 is 18.8 Å². The van der Waals surface area contributed by atoms with E-state index in [0.29, 0.717) is 40.9 Å². The number of carbonyl (C=O) groups excluding carboxylic acids is 1. The Labute approximate surface area is 198 Å². The third kappa shape index (κ3) is 4.00. The molecule has 34 heavy (non-hydrogen) atoms. The van der Waals surface area contributed by atoms with Crippen LogP contribution in [0.2, 0.25) is 5.02 Å². The number of urea groups is 1. The van der Waals surface area contributed by atoms with Gasteiger partial charge in [0.2, 0.25) is 11.8 Å². The Hall–Kier alpha value is -3.12. The fourth-order valence-corrected chi connectivity index (χ4v) is 5.21. The van der Waals surface area contributed by atoms with Gasteiger partial charge in [-0.2, -0.15) is 13.9 Å². The number of anilines is 1. The van der Waals surface area contributed by atoms with Crippen molar-refractivity contribution in [3.05, 3.63) is 41.3 Å². The minimum atomic E-state index is -2.94. The number of rotatable bonds is 6.